The molecule has 7 heterocycles. The molecular formula is C44H75NO36. The maximum atomic E-state index is 12.0. The summed E-state index contributed by atoms with van der Waals surface area (Å²) in [5.74, 6) is -0.785. The van der Waals surface area contributed by atoms with Gasteiger partial charge in [0.05, 0.1) is 46.2 Å². The molecule has 0 bridgehead atoms. The van der Waals surface area contributed by atoms with Gasteiger partial charge in [-0.25, -0.2) is 0 Å². The van der Waals surface area contributed by atoms with E-state index in [0.29, 0.717) is 0 Å². The van der Waals surface area contributed by atoms with E-state index < -0.39 is 267 Å². The molecule has 35 atom stereocenters. The van der Waals surface area contributed by atoms with Crippen LogP contribution in [-0.4, -0.2) is 379 Å². The standard InChI is InChI=1S/C44H75NO36/c1-9(51)45-17-24(58)34(14(6-50)71-38(17)68)78-42-33(67)35(79-44-37(29(63)21(55)13(5-49)75-44)81-41-32(66)26(60)19(53)11(3-47)73-41)23(57)16(77-42)8-69-39-30(64)27(61)22(56)15(76-39)7-70-43-36(28(62)20(54)12(4-48)74-43)80-40-31(65)25(59)18(52)10(2-46)72-40/h10-44,46-50,52-68H,2-8H2,1H3,(H,45,51)/t10-,11+,12-,13+,14+,15-,16-,17+,18-,19+,20-,21+,22-,23-,24+,25+,26-,27+,28+,29-,30+,31+,32-,33+,34+,35+,36+,37-,38+,39+,40-,41+,42+,43+,44+/m1/s1. The second kappa shape index (κ2) is 28.7. The van der Waals surface area contributed by atoms with Gasteiger partial charge in [-0.05, 0) is 0 Å². The number of rotatable bonds is 20. The maximum Gasteiger partial charge on any atom is 0.217 e. The van der Waals surface area contributed by atoms with Crippen LogP contribution in [0.5, 0.6) is 0 Å². The molecule has 81 heavy (non-hydrogen) atoms. The van der Waals surface area contributed by atoms with Gasteiger partial charge in [0.2, 0.25) is 5.91 Å². The van der Waals surface area contributed by atoms with Crippen molar-refractivity contribution in [3.8, 4) is 0 Å². The van der Waals surface area contributed by atoms with Crippen molar-refractivity contribution in [2.45, 2.75) is 222 Å². The van der Waals surface area contributed by atoms with Crippen molar-refractivity contribution in [2.75, 3.05) is 46.2 Å². The molecule has 7 saturated heterocycles. The van der Waals surface area contributed by atoms with Gasteiger partial charge in [-0.3, -0.25) is 4.79 Å². The minimum Gasteiger partial charge on any atom is -0.394 e. The number of hydrogen-bond donors (Lipinski definition) is 23. The van der Waals surface area contributed by atoms with Crippen LogP contribution in [0.4, 0.5) is 0 Å². The molecule has 0 unspecified atom stereocenters. The lowest BCUT2D eigenvalue weighted by molar-refractivity contribution is -0.396. The summed E-state index contributed by atoms with van der Waals surface area (Å²) in [5.41, 5.74) is 0. The van der Waals surface area contributed by atoms with Crippen molar-refractivity contribution < 1.29 is 179 Å². The summed E-state index contributed by atoms with van der Waals surface area (Å²) in [6, 6.07) is -1.66. The van der Waals surface area contributed by atoms with Crippen LogP contribution in [0.25, 0.3) is 0 Å². The summed E-state index contributed by atoms with van der Waals surface area (Å²) in [6.07, 6.45) is -67.3. The van der Waals surface area contributed by atoms with Gasteiger partial charge in [0.25, 0.3) is 0 Å². The molecule has 7 rings (SSSR count). The molecule has 472 valence electrons. The molecule has 0 aromatic rings. The quantitative estimate of drug-likeness (QED) is 0.0538. The van der Waals surface area contributed by atoms with Gasteiger partial charge in [-0.2, -0.15) is 0 Å². The minimum atomic E-state index is -2.34. The van der Waals surface area contributed by atoms with Gasteiger partial charge in [0, 0.05) is 6.92 Å². The number of aliphatic hydroxyl groups is 22. The summed E-state index contributed by atoms with van der Waals surface area (Å²) in [5, 5.41) is 238. The van der Waals surface area contributed by atoms with Crippen LogP contribution in [0.3, 0.4) is 0 Å². The first kappa shape index (κ1) is 66.6. The zero-order valence-electron chi connectivity index (χ0n) is 42.7. The number of aliphatic hydroxyl groups excluding tert-OH is 22. The lowest BCUT2D eigenvalue weighted by atomic mass is 9.95. The van der Waals surface area contributed by atoms with Crippen LogP contribution in [0.15, 0.2) is 0 Å². The predicted molar refractivity (Wildman–Crippen MR) is 243 cm³/mol. The average Bonchev–Trinajstić information content (AvgIpc) is 3.49. The van der Waals surface area contributed by atoms with E-state index in [1.165, 1.54) is 0 Å². The van der Waals surface area contributed by atoms with Gasteiger partial charge in [0.15, 0.2) is 44.0 Å². The molecule has 0 aromatic carbocycles. The van der Waals surface area contributed by atoms with Gasteiger partial charge < -0.3 is 179 Å². The summed E-state index contributed by atoms with van der Waals surface area (Å²) in [7, 11) is 0. The van der Waals surface area contributed by atoms with E-state index in [2.05, 4.69) is 5.32 Å². The molecule has 0 aromatic heterocycles. The molecule has 0 aliphatic carbocycles. The molecule has 1 amide bonds. The number of amides is 1. The van der Waals surface area contributed by atoms with Crippen molar-refractivity contribution >= 4 is 5.91 Å². The lowest BCUT2D eigenvalue weighted by Crippen LogP contribution is -2.69. The Labute approximate surface area is 457 Å². The zero-order chi connectivity index (χ0) is 59.6. The topological polar surface area (TPSA) is 594 Å². The smallest absolute Gasteiger partial charge is 0.217 e. The molecule has 0 saturated carbocycles. The zero-order valence-corrected chi connectivity index (χ0v) is 42.7. The fourth-order valence-corrected chi connectivity index (χ4v) is 10.2. The number of ether oxygens (including phenoxy) is 13. The van der Waals surface area contributed by atoms with Gasteiger partial charge in [-0.1, -0.05) is 0 Å². The summed E-state index contributed by atoms with van der Waals surface area (Å²) in [6.45, 7) is -5.74. The molecule has 7 aliphatic rings. The van der Waals surface area contributed by atoms with E-state index in [9.17, 15) is 117 Å². The van der Waals surface area contributed by atoms with Crippen molar-refractivity contribution in [3.63, 3.8) is 0 Å². The van der Waals surface area contributed by atoms with Gasteiger partial charge in [0.1, 0.15) is 171 Å². The largest absolute Gasteiger partial charge is 0.394 e. The molecular weight excluding hydrogens is 1120 g/mol. The Kier molecular flexibility index (Phi) is 23.6. The van der Waals surface area contributed by atoms with Crippen LogP contribution in [0, 0.1) is 0 Å². The SMILES string of the molecule is CC(=O)N[C@H]1[C@H](O)[C@@H](O[C@@H]2O[C@H](CO[C@H]3O[C@H](CO[C@H]4O[C@H](CO)[C@@H](O)[C@H](O)[C@@H]4O[C@H]4O[C@H](CO)[C@@H](O)[C@H](O)[C@@H]4O)[C@@H](O)[C@H](O)[C@@H]3O)[C@@H](O)[C@H](O[C@@H]3O[C@@H](CO)[C@H](O)[C@@H](O)[C@H]3O[C@@H]3O[C@@H](CO)[C@H](O)[C@@H](O)[C@H]3O)[C@@H]2O)[C@H](CO)O[C@@H]1O. The molecule has 7 aliphatic heterocycles. The second-order valence-electron chi connectivity index (χ2n) is 20.4. The Hall–Kier alpha value is -1.93. The van der Waals surface area contributed by atoms with E-state index >= 15 is 0 Å². The first-order chi connectivity index (χ1) is 38.3. The average molecular weight is 1190 g/mol. The third kappa shape index (κ3) is 14.2. The predicted octanol–water partition coefficient (Wildman–Crippen LogP) is -16.1. The minimum absolute atomic E-state index is 0.785. The highest BCUT2D eigenvalue weighted by Crippen LogP contribution is 2.37. The Bertz CT molecular complexity index is 1940. The van der Waals surface area contributed by atoms with E-state index in [-0.39, 0.29) is 0 Å². The molecule has 37 nitrogen and oxygen atoms in total. The number of carbonyl (C=O) groups is 1. The number of hydrogen-bond acceptors (Lipinski definition) is 36. The van der Waals surface area contributed by atoms with Crippen molar-refractivity contribution in [3.05, 3.63) is 0 Å². The Morgan fingerprint density at radius 2 is 0.654 bits per heavy atom. The van der Waals surface area contributed by atoms with Crippen LogP contribution in [0.1, 0.15) is 6.92 Å². The summed E-state index contributed by atoms with van der Waals surface area (Å²) < 4.78 is 73.7. The highest BCUT2D eigenvalue weighted by molar-refractivity contribution is 5.73. The van der Waals surface area contributed by atoms with Gasteiger partial charge >= 0.3 is 0 Å². The third-order valence-electron chi connectivity index (χ3n) is 14.9. The Morgan fingerprint density at radius 3 is 1.12 bits per heavy atom. The van der Waals surface area contributed by atoms with Crippen LogP contribution < -0.4 is 5.32 Å². The molecule has 23 N–H and O–H groups in total. The molecule has 7 fully saturated rings. The molecule has 0 spiro atoms. The van der Waals surface area contributed by atoms with Crippen molar-refractivity contribution in [1.29, 1.82) is 0 Å². The summed E-state index contributed by atoms with van der Waals surface area (Å²) in [4.78, 5) is 12.0. The fourth-order valence-electron chi connectivity index (χ4n) is 10.2. The Morgan fingerprint density at radius 1 is 0.321 bits per heavy atom. The first-order valence-electron chi connectivity index (χ1n) is 25.6. The first-order valence-corrected chi connectivity index (χ1v) is 25.6. The summed E-state index contributed by atoms with van der Waals surface area (Å²) >= 11 is 0. The fraction of sp³-hybridized carbons (Fsp3) is 0.977. The molecule has 37 heteroatoms. The monoisotopic (exact) mass is 1190 g/mol. The second-order valence-corrected chi connectivity index (χ2v) is 20.4. The molecule has 0 radical (unpaired) electrons. The maximum absolute atomic E-state index is 12.0. The highest BCUT2D eigenvalue weighted by atomic mass is 16.8. The lowest BCUT2D eigenvalue weighted by Gasteiger charge is -2.50. The van der Waals surface area contributed by atoms with E-state index in [0.717, 1.165) is 6.92 Å². The van der Waals surface area contributed by atoms with Crippen LogP contribution >= 0.6 is 0 Å². The van der Waals surface area contributed by atoms with Crippen molar-refractivity contribution in [1.82, 2.24) is 5.32 Å². The third-order valence-corrected chi connectivity index (χ3v) is 14.9. The Balaban J connectivity index is 1.13. The number of nitrogens with one attached hydrogen (secondary N) is 1. The van der Waals surface area contributed by atoms with Crippen LogP contribution in [0.2, 0.25) is 0 Å². The van der Waals surface area contributed by atoms with Gasteiger partial charge in [-0.15, -0.1) is 0 Å². The van der Waals surface area contributed by atoms with Crippen molar-refractivity contribution in [2.24, 2.45) is 0 Å². The highest BCUT2D eigenvalue weighted by Gasteiger charge is 2.58. The van der Waals surface area contributed by atoms with E-state index in [1.807, 2.05) is 0 Å². The number of carbonyl (C=O) groups excluding carboxylic acids is 1. The van der Waals surface area contributed by atoms with E-state index in [4.69, 9.17) is 61.6 Å². The van der Waals surface area contributed by atoms with Crippen LogP contribution in [-0.2, 0) is 66.4 Å². The normalized spacial score (nSPS) is 51.9. The van der Waals surface area contributed by atoms with E-state index in [1.54, 1.807) is 0 Å².